The van der Waals surface area contributed by atoms with Crippen molar-refractivity contribution >= 4 is 11.6 Å². The maximum atomic E-state index is 4.62. The maximum absolute atomic E-state index is 4.62. The van der Waals surface area contributed by atoms with Crippen LogP contribution < -0.4 is 10.6 Å². The Kier molecular flexibility index (Phi) is 3.73. The highest BCUT2D eigenvalue weighted by Gasteiger charge is 2.22. The summed E-state index contributed by atoms with van der Waals surface area (Å²) in [7, 11) is 0. The summed E-state index contributed by atoms with van der Waals surface area (Å²) in [4.78, 5) is 9.20. The van der Waals surface area contributed by atoms with Gasteiger partial charge in [0.25, 0.3) is 0 Å². The Morgan fingerprint density at radius 2 is 1.78 bits per heavy atom. The zero-order valence-corrected chi connectivity index (χ0v) is 11.9. The quantitative estimate of drug-likeness (QED) is 0.841. The molecular formula is C14H24N4. The number of rotatable bonds is 5. The van der Waals surface area contributed by atoms with Crippen LogP contribution in [0.25, 0.3) is 0 Å². The summed E-state index contributed by atoms with van der Waals surface area (Å²) in [6.07, 6.45) is 2.70. The third kappa shape index (κ3) is 3.59. The molecule has 1 aliphatic rings. The Balaban J connectivity index is 2.17. The predicted octanol–water partition coefficient (Wildman–Crippen LogP) is 3.03. The first-order valence-electron chi connectivity index (χ1n) is 6.86. The average Bonchev–Trinajstić information content (AvgIpc) is 3.09. The first kappa shape index (κ1) is 13.1. The van der Waals surface area contributed by atoms with E-state index >= 15 is 0 Å². The van der Waals surface area contributed by atoms with E-state index in [1.54, 1.807) is 0 Å². The molecule has 0 saturated heterocycles. The minimum absolute atomic E-state index is 0.0263. The topological polar surface area (TPSA) is 49.8 Å². The van der Waals surface area contributed by atoms with E-state index in [9.17, 15) is 0 Å². The Bertz CT molecular complexity index is 405. The van der Waals surface area contributed by atoms with E-state index in [0.29, 0.717) is 0 Å². The number of nitrogens with one attached hydrogen (secondary N) is 2. The fraction of sp³-hybridized carbons (Fsp3) is 0.714. The van der Waals surface area contributed by atoms with Crippen LogP contribution in [0.3, 0.4) is 0 Å². The maximum Gasteiger partial charge on any atom is 0.138 e. The molecule has 18 heavy (non-hydrogen) atoms. The zero-order chi connectivity index (χ0) is 13.2. The summed E-state index contributed by atoms with van der Waals surface area (Å²) < 4.78 is 0. The van der Waals surface area contributed by atoms with Crippen LogP contribution in [0.5, 0.6) is 0 Å². The van der Waals surface area contributed by atoms with Gasteiger partial charge in [0.15, 0.2) is 0 Å². The Labute approximate surface area is 110 Å². The molecule has 0 unspecified atom stereocenters. The highest BCUT2D eigenvalue weighted by molar-refractivity contribution is 5.48. The van der Waals surface area contributed by atoms with Crippen molar-refractivity contribution in [2.75, 3.05) is 23.7 Å². The standard InChI is InChI=1S/C14H24N4/c1-5-15-11-8-12(16-9-10-6-7-10)18-13(17-11)14(2,3)4/h8,10H,5-7,9H2,1-4H3,(H2,15,16,17,18). The predicted molar refractivity (Wildman–Crippen MR) is 76.1 cm³/mol. The molecule has 0 aliphatic heterocycles. The van der Waals surface area contributed by atoms with Crippen molar-refractivity contribution < 1.29 is 0 Å². The number of anilines is 2. The molecule has 0 spiro atoms. The minimum Gasteiger partial charge on any atom is -0.370 e. The lowest BCUT2D eigenvalue weighted by Gasteiger charge is -2.19. The third-order valence-corrected chi connectivity index (χ3v) is 3.02. The first-order valence-corrected chi connectivity index (χ1v) is 6.86. The molecule has 2 rings (SSSR count). The lowest BCUT2D eigenvalue weighted by atomic mass is 9.96. The molecule has 0 radical (unpaired) electrons. The van der Waals surface area contributed by atoms with Gasteiger partial charge in [0.05, 0.1) is 0 Å². The van der Waals surface area contributed by atoms with Crippen LogP contribution in [0.1, 0.15) is 46.4 Å². The van der Waals surface area contributed by atoms with Gasteiger partial charge in [-0.15, -0.1) is 0 Å². The van der Waals surface area contributed by atoms with Gasteiger partial charge in [-0.25, -0.2) is 9.97 Å². The molecule has 1 aromatic rings. The molecule has 0 aromatic carbocycles. The number of aromatic nitrogens is 2. The molecule has 0 amide bonds. The van der Waals surface area contributed by atoms with E-state index in [-0.39, 0.29) is 5.41 Å². The summed E-state index contributed by atoms with van der Waals surface area (Å²) in [5, 5.41) is 6.70. The molecule has 0 atom stereocenters. The summed E-state index contributed by atoms with van der Waals surface area (Å²) in [5.74, 6) is 3.59. The van der Waals surface area contributed by atoms with E-state index in [1.807, 2.05) is 6.07 Å². The van der Waals surface area contributed by atoms with Gasteiger partial charge in [-0.3, -0.25) is 0 Å². The van der Waals surface area contributed by atoms with Gasteiger partial charge >= 0.3 is 0 Å². The third-order valence-electron chi connectivity index (χ3n) is 3.02. The van der Waals surface area contributed by atoms with E-state index in [1.165, 1.54) is 12.8 Å². The molecule has 1 aromatic heterocycles. The van der Waals surface area contributed by atoms with Crippen LogP contribution in [-0.2, 0) is 5.41 Å². The summed E-state index contributed by atoms with van der Waals surface area (Å²) >= 11 is 0. The highest BCUT2D eigenvalue weighted by Crippen LogP contribution is 2.29. The van der Waals surface area contributed by atoms with Crippen LogP contribution in [0.2, 0.25) is 0 Å². The largest absolute Gasteiger partial charge is 0.370 e. The van der Waals surface area contributed by atoms with Crippen molar-refractivity contribution in [1.29, 1.82) is 0 Å². The second-order valence-electron chi connectivity index (χ2n) is 6.07. The van der Waals surface area contributed by atoms with Crippen LogP contribution in [0.15, 0.2) is 6.07 Å². The molecule has 1 aliphatic carbocycles. The van der Waals surface area contributed by atoms with E-state index in [0.717, 1.165) is 36.5 Å². The fourth-order valence-corrected chi connectivity index (χ4v) is 1.72. The highest BCUT2D eigenvalue weighted by atomic mass is 15.1. The molecule has 1 heterocycles. The van der Waals surface area contributed by atoms with Crippen molar-refractivity contribution in [2.24, 2.45) is 5.92 Å². The van der Waals surface area contributed by atoms with Gasteiger partial charge in [0.2, 0.25) is 0 Å². The normalized spacial score (nSPS) is 15.6. The monoisotopic (exact) mass is 248 g/mol. The molecule has 1 saturated carbocycles. The lowest BCUT2D eigenvalue weighted by Crippen LogP contribution is -2.19. The Morgan fingerprint density at radius 3 is 2.28 bits per heavy atom. The number of hydrogen-bond donors (Lipinski definition) is 2. The van der Waals surface area contributed by atoms with Crippen LogP contribution in [-0.4, -0.2) is 23.1 Å². The second-order valence-corrected chi connectivity index (χ2v) is 6.07. The number of hydrogen-bond acceptors (Lipinski definition) is 4. The zero-order valence-electron chi connectivity index (χ0n) is 11.9. The van der Waals surface area contributed by atoms with Gasteiger partial charge in [0.1, 0.15) is 17.5 Å². The van der Waals surface area contributed by atoms with Crippen molar-refractivity contribution in [1.82, 2.24) is 9.97 Å². The fourth-order valence-electron chi connectivity index (χ4n) is 1.72. The molecule has 0 bridgehead atoms. The van der Waals surface area contributed by atoms with Gasteiger partial charge in [-0.2, -0.15) is 0 Å². The first-order chi connectivity index (χ1) is 8.49. The second kappa shape index (κ2) is 5.12. The molecule has 4 nitrogen and oxygen atoms in total. The molecule has 4 heteroatoms. The summed E-state index contributed by atoms with van der Waals surface area (Å²) in [5.41, 5.74) is -0.0263. The van der Waals surface area contributed by atoms with Gasteiger partial charge in [0, 0.05) is 24.6 Å². The van der Waals surface area contributed by atoms with Gasteiger partial charge < -0.3 is 10.6 Å². The SMILES string of the molecule is CCNc1cc(NCC2CC2)nc(C(C)(C)C)n1. The Morgan fingerprint density at radius 1 is 1.17 bits per heavy atom. The van der Waals surface area contributed by atoms with Crippen LogP contribution in [0, 0.1) is 5.92 Å². The smallest absolute Gasteiger partial charge is 0.138 e. The molecule has 2 N–H and O–H groups in total. The molecular weight excluding hydrogens is 224 g/mol. The van der Waals surface area contributed by atoms with Crippen LogP contribution >= 0.6 is 0 Å². The summed E-state index contributed by atoms with van der Waals surface area (Å²) in [6, 6.07) is 2.00. The molecule has 100 valence electrons. The van der Waals surface area contributed by atoms with E-state index in [4.69, 9.17) is 0 Å². The van der Waals surface area contributed by atoms with Crippen molar-refractivity contribution in [3.63, 3.8) is 0 Å². The van der Waals surface area contributed by atoms with Gasteiger partial charge in [-0.05, 0) is 25.7 Å². The van der Waals surface area contributed by atoms with Crippen molar-refractivity contribution in [3.8, 4) is 0 Å². The number of nitrogens with zero attached hydrogens (tertiary/aromatic N) is 2. The van der Waals surface area contributed by atoms with E-state index in [2.05, 4.69) is 48.3 Å². The lowest BCUT2D eigenvalue weighted by molar-refractivity contribution is 0.546. The van der Waals surface area contributed by atoms with Gasteiger partial charge in [-0.1, -0.05) is 20.8 Å². The van der Waals surface area contributed by atoms with Crippen molar-refractivity contribution in [2.45, 2.75) is 46.0 Å². The Hall–Kier alpha value is -1.32. The molecule has 1 fully saturated rings. The summed E-state index contributed by atoms with van der Waals surface area (Å²) in [6.45, 7) is 10.4. The van der Waals surface area contributed by atoms with E-state index < -0.39 is 0 Å². The average molecular weight is 248 g/mol. The minimum atomic E-state index is -0.0263. The van der Waals surface area contributed by atoms with Crippen molar-refractivity contribution in [3.05, 3.63) is 11.9 Å². The van der Waals surface area contributed by atoms with Crippen LogP contribution in [0.4, 0.5) is 11.6 Å².